The topological polar surface area (TPSA) is 93.0 Å². The van der Waals surface area contributed by atoms with Crippen LogP contribution in [-0.4, -0.2) is 42.4 Å². The number of ether oxygens (including phenoxy) is 1. The summed E-state index contributed by atoms with van der Waals surface area (Å²) in [6.45, 7) is 2.30. The second kappa shape index (κ2) is 6.97. The van der Waals surface area contributed by atoms with Crippen molar-refractivity contribution in [3.63, 3.8) is 0 Å². The molecule has 0 atom stereocenters. The molecule has 1 rings (SSSR count). The van der Waals surface area contributed by atoms with Crippen LogP contribution in [0.4, 0.5) is 0 Å². The van der Waals surface area contributed by atoms with Crippen LogP contribution in [0, 0.1) is 0 Å². The Morgan fingerprint density at radius 1 is 1.60 bits per heavy atom. The largest absolute Gasteiger partial charge is 0.380 e. The number of hydrogen-bond acceptors (Lipinski definition) is 4. The first-order valence-corrected chi connectivity index (χ1v) is 4.89. The molecule has 1 aromatic heterocycles. The van der Waals surface area contributed by atoms with Crippen molar-refractivity contribution in [2.24, 2.45) is 5.73 Å². The van der Waals surface area contributed by atoms with E-state index in [1.54, 1.807) is 6.20 Å². The first-order valence-electron chi connectivity index (χ1n) is 4.89. The molecule has 1 aromatic rings. The lowest BCUT2D eigenvalue weighted by atomic mass is 10.3. The van der Waals surface area contributed by atoms with Crippen LogP contribution < -0.4 is 11.1 Å². The molecule has 15 heavy (non-hydrogen) atoms. The average molecular weight is 212 g/mol. The lowest BCUT2D eigenvalue weighted by Crippen LogP contribution is -2.25. The van der Waals surface area contributed by atoms with Gasteiger partial charge in [-0.2, -0.15) is 5.10 Å². The summed E-state index contributed by atoms with van der Waals surface area (Å²) in [7, 11) is 0. The fraction of sp³-hybridized carbons (Fsp3) is 0.556. The molecule has 0 fully saturated rings. The number of hydrogen-bond donors (Lipinski definition) is 3. The predicted octanol–water partition coefficient (Wildman–Crippen LogP) is -0.495. The van der Waals surface area contributed by atoms with E-state index in [1.165, 1.54) is 6.20 Å². The van der Waals surface area contributed by atoms with E-state index in [9.17, 15) is 4.79 Å². The molecule has 6 nitrogen and oxygen atoms in total. The molecule has 0 saturated heterocycles. The van der Waals surface area contributed by atoms with E-state index in [2.05, 4.69) is 15.5 Å². The van der Waals surface area contributed by atoms with Crippen LogP contribution in [-0.2, 0) is 4.74 Å². The van der Waals surface area contributed by atoms with Gasteiger partial charge in [-0.1, -0.05) is 0 Å². The van der Waals surface area contributed by atoms with Crippen LogP contribution in [0.1, 0.15) is 16.8 Å². The van der Waals surface area contributed by atoms with Gasteiger partial charge in [-0.15, -0.1) is 0 Å². The summed E-state index contributed by atoms with van der Waals surface area (Å²) < 4.78 is 5.16. The molecule has 0 aromatic carbocycles. The highest BCUT2D eigenvalue weighted by Crippen LogP contribution is 1.92. The van der Waals surface area contributed by atoms with Crippen LogP contribution in [0.15, 0.2) is 12.4 Å². The Balaban J connectivity index is 2.03. The first-order chi connectivity index (χ1) is 7.34. The van der Waals surface area contributed by atoms with Crippen LogP contribution >= 0.6 is 0 Å². The summed E-state index contributed by atoms with van der Waals surface area (Å²) in [5, 5.41) is 9.02. The number of nitrogens with one attached hydrogen (secondary N) is 2. The number of H-pyrrole nitrogens is 1. The van der Waals surface area contributed by atoms with Crippen molar-refractivity contribution in [3.8, 4) is 0 Å². The third-order valence-electron chi connectivity index (χ3n) is 1.77. The van der Waals surface area contributed by atoms with E-state index in [0.29, 0.717) is 31.9 Å². The molecule has 84 valence electrons. The minimum Gasteiger partial charge on any atom is -0.380 e. The molecule has 0 aliphatic carbocycles. The lowest BCUT2D eigenvalue weighted by molar-refractivity contribution is 0.0943. The van der Waals surface area contributed by atoms with Crippen LogP contribution in [0.2, 0.25) is 0 Å². The summed E-state index contributed by atoms with van der Waals surface area (Å²) in [6, 6.07) is 0. The normalized spacial score (nSPS) is 10.2. The predicted molar refractivity (Wildman–Crippen MR) is 55.4 cm³/mol. The Bertz CT molecular complexity index is 274. The number of aromatic nitrogens is 2. The van der Waals surface area contributed by atoms with E-state index < -0.39 is 0 Å². The van der Waals surface area contributed by atoms with E-state index in [0.717, 1.165) is 6.42 Å². The van der Waals surface area contributed by atoms with Gasteiger partial charge in [0.15, 0.2) is 0 Å². The van der Waals surface area contributed by atoms with Gasteiger partial charge >= 0.3 is 0 Å². The number of carbonyl (C=O) groups is 1. The fourth-order valence-corrected chi connectivity index (χ4v) is 1.04. The first kappa shape index (κ1) is 11.7. The minimum atomic E-state index is -0.123. The van der Waals surface area contributed by atoms with E-state index in [1.807, 2.05) is 0 Å². The molecule has 0 spiro atoms. The maximum atomic E-state index is 11.4. The van der Waals surface area contributed by atoms with E-state index in [-0.39, 0.29) is 5.91 Å². The van der Waals surface area contributed by atoms with Gasteiger partial charge in [-0.3, -0.25) is 9.89 Å². The van der Waals surface area contributed by atoms with E-state index >= 15 is 0 Å². The van der Waals surface area contributed by atoms with Crippen molar-refractivity contribution in [1.82, 2.24) is 15.5 Å². The van der Waals surface area contributed by atoms with Gasteiger partial charge in [0.2, 0.25) is 0 Å². The third kappa shape index (κ3) is 4.57. The molecule has 1 amide bonds. The van der Waals surface area contributed by atoms with Crippen molar-refractivity contribution in [2.45, 2.75) is 6.42 Å². The molecule has 0 saturated carbocycles. The monoisotopic (exact) mass is 212 g/mol. The van der Waals surface area contributed by atoms with Gasteiger partial charge in [0, 0.05) is 25.9 Å². The maximum Gasteiger partial charge on any atom is 0.254 e. The summed E-state index contributed by atoms with van der Waals surface area (Å²) >= 11 is 0. The highest BCUT2D eigenvalue weighted by Gasteiger charge is 2.04. The molecule has 0 aliphatic rings. The lowest BCUT2D eigenvalue weighted by Gasteiger charge is -2.03. The molecule has 0 bridgehead atoms. The fourth-order valence-electron chi connectivity index (χ4n) is 1.04. The second-order valence-corrected chi connectivity index (χ2v) is 3.00. The molecular weight excluding hydrogens is 196 g/mol. The molecule has 1 heterocycles. The Labute approximate surface area is 88.2 Å². The van der Waals surface area contributed by atoms with Crippen LogP contribution in [0.25, 0.3) is 0 Å². The minimum absolute atomic E-state index is 0.123. The van der Waals surface area contributed by atoms with Crippen LogP contribution in [0.5, 0.6) is 0 Å². The Kier molecular flexibility index (Phi) is 5.42. The molecule has 0 radical (unpaired) electrons. The van der Waals surface area contributed by atoms with Crippen LogP contribution in [0.3, 0.4) is 0 Å². The molecule has 4 N–H and O–H groups in total. The Hall–Kier alpha value is -1.40. The van der Waals surface area contributed by atoms with Gasteiger partial charge in [-0.05, 0) is 6.42 Å². The quantitative estimate of drug-likeness (QED) is 0.531. The number of aromatic amines is 1. The molecular formula is C9H16N4O2. The van der Waals surface area contributed by atoms with Gasteiger partial charge in [-0.25, -0.2) is 0 Å². The summed E-state index contributed by atoms with van der Waals surface area (Å²) in [6.07, 6.45) is 3.82. The van der Waals surface area contributed by atoms with Crippen molar-refractivity contribution >= 4 is 5.91 Å². The third-order valence-corrected chi connectivity index (χ3v) is 1.77. The molecule has 6 heteroatoms. The molecule has 0 unspecified atom stereocenters. The standard InChI is InChI=1S/C9H16N4O2/c10-2-5-15-4-1-3-11-9(14)8-6-12-13-7-8/h6-7H,1-5,10H2,(H,11,14)(H,12,13). The van der Waals surface area contributed by atoms with Crippen molar-refractivity contribution in [3.05, 3.63) is 18.0 Å². The summed E-state index contributed by atoms with van der Waals surface area (Å²) in [5.74, 6) is -0.123. The Morgan fingerprint density at radius 3 is 3.13 bits per heavy atom. The smallest absolute Gasteiger partial charge is 0.254 e. The second-order valence-electron chi connectivity index (χ2n) is 3.00. The van der Waals surface area contributed by atoms with Gasteiger partial charge in [0.25, 0.3) is 5.91 Å². The summed E-state index contributed by atoms with van der Waals surface area (Å²) in [5.41, 5.74) is 5.79. The zero-order valence-corrected chi connectivity index (χ0v) is 8.53. The number of nitrogens with zero attached hydrogens (tertiary/aromatic N) is 1. The maximum absolute atomic E-state index is 11.4. The van der Waals surface area contributed by atoms with Gasteiger partial charge in [0.1, 0.15) is 0 Å². The Morgan fingerprint density at radius 2 is 2.47 bits per heavy atom. The number of carbonyl (C=O) groups excluding carboxylic acids is 1. The van der Waals surface area contributed by atoms with Crippen molar-refractivity contribution in [2.75, 3.05) is 26.3 Å². The average Bonchev–Trinajstić information content (AvgIpc) is 2.76. The highest BCUT2D eigenvalue weighted by atomic mass is 16.5. The summed E-state index contributed by atoms with van der Waals surface area (Å²) in [4.78, 5) is 11.4. The highest BCUT2D eigenvalue weighted by molar-refractivity contribution is 5.93. The molecule has 0 aliphatic heterocycles. The zero-order valence-electron chi connectivity index (χ0n) is 8.53. The SMILES string of the molecule is NCCOCCCNC(=O)c1cn[nH]c1. The number of nitrogens with two attached hydrogens (primary N) is 1. The number of rotatable bonds is 7. The van der Waals surface area contributed by atoms with Gasteiger partial charge in [0.05, 0.1) is 18.4 Å². The van der Waals surface area contributed by atoms with E-state index in [4.69, 9.17) is 10.5 Å². The number of amides is 1. The zero-order chi connectivity index (χ0) is 10.9. The van der Waals surface area contributed by atoms with Crippen molar-refractivity contribution in [1.29, 1.82) is 0 Å². The van der Waals surface area contributed by atoms with Crippen molar-refractivity contribution < 1.29 is 9.53 Å². The van der Waals surface area contributed by atoms with Gasteiger partial charge < -0.3 is 15.8 Å².